The molecule has 3 aromatic rings. The third-order valence-electron chi connectivity index (χ3n) is 5.68. The van der Waals surface area contributed by atoms with Gasteiger partial charge in [0, 0.05) is 29.6 Å². The Balaban J connectivity index is 1.53. The first-order valence-corrected chi connectivity index (χ1v) is 11.0. The summed E-state index contributed by atoms with van der Waals surface area (Å²) in [6.07, 6.45) is 10.6. The lowest BCUT2D eigenvalue weighted by Crippen LogP contribution is -2.06. The Bertz CT molecular complexity index is 1020. The Hall–Kier alpha value is -3.07. The highest BCUT2D eigenvalue weighted by Crippen LogP contribution is 2.30. The molecule has 0 aliphatic heterocycles. The van der Waals surface area contributed by atoms with Crippen molar-refractivity contribution in [3.63, 3.8) is 0 Å². The average Bonchev–Trinajstić information content (AvgIpc) is 3.15. The number of benzene rings is 2. The SMILES string of the molecule is CCOc1ccc(-c2c[nH]c3c2CC/C=C\C(=NCc2ccc(CC)cc2)C3)cc1. The molecule has 0 radical (unpaired) electrons. The molecule has 2 aromatic carbocycles. The zero-order valence-electron chi connectivity index (χ0n) is 17.9. The van der Waals surface area contributed by atoms with Gasteiger partial charge in [-0.25, -0.2) is 0 Å². The van der Waals surface area contributed by atoms with E-state index in [9.17, 15) is 0 Å². The molecule has 1 heterocycles. The lowest BCUT2D eigenvalue weighted by atomic mass is 9.95. The van der Waals surface area contributed by atoms with Crippen molar-refractivity contribution in [2.24, 2.45) is 4.99 Å². The monoisotopic (exact) mass is 398 g/mol. The molecule has 0 spiro atoms. The van der Waals surface area contributed by atoms with Gasteiger partial charge in [-0.05, 0) is 66.6 Å². The van der Waals surface area contributed by atoms with E-state index in [0.29, 0.717) is 6.61 Å². The molecule has 1 aliphatic carbocycles. The van der Waals surface area contributed by atoms with E-state index >= 15 is 0 Å². The lowest BCUT2D eigenvalue weighted by molar-refractivity contribution is 0.340. The van der Waals surface area contributed by atoms with Gasteiger partial charge < -0.3 is 9.72 Å². The summed E-state index contributed by atoms with van der Waals surface area (Å²) in [5, 5.41) is 0. The summed E-state index contributed by atoms with van der Waals surface area (Å²) in [7, 11) is 0. The fourth-order valence-electron chi connectivity index (χ4n) is 3.96. The number of aryl methyl sites for hydroxylation is 1. The van der Waals surface area contributed by atoms with Crippen LogP contribution in [0, 0.1) is 0 Å². The van der Waals surface area contributed by atoms with E-state index in [1.54, 1.807) is 0 Å². The molecule has 0 saturated heterocycles. The number of aromatic amines is 1. The summed E-state index contributed by atoms with van der Waals surface area (Å²) in [4.78, 5) is 8.45. The van der Waals surface area contributed by atoms with Gasteiger partial charge in [0.05, 0.1) is 13.2 Å². The molecule has 0 amide bonds. The number of fused-ring (bicyclic) bond motifs is 1. The Morgan fingerprint density at radius 2 is 1.73 bits per heavy atom. The lowest BCUT2D eigenvalue weighted by Gasteiger charge is -2.11. The predicted molar refractivity (Wildman–Crippen MR) is 126 cm³/mol. The normalized spacial score (nSPS) is 16.0. The highest BCUT2D eigenvalue weighted by atomic mass is 16.5. The molecule has 3 heteroatoms. The van der Waals surface area contributed by atoms with Crippen LogP contribution < -0.4 is 4.74 Å². The van der Waals surface area contributed by atoms with E-state index in [0.717, 1.165) is 43.7 Å². The molecule has 3 nitrogen and oxygen atoms in total. The molecule has 1 aromatic heterocycles. The molecule has 1 N–H and O–H groups in total. The van der Waals surface area contributed by atoms with Gasteiger partial charge in [-0.1, -0.05) is 49.4 Å². The van der Waals surface area contributed by atoms with Gasteiger partial charge in [-0.3, -0.25) is 4.99 Å². The number of nitrogens with zero attached hydrogens (tertiary/aromatic N) is 1. The van der Waals surface area contributed by atoms with Gasteiger partial charge >= 0.3 is 0 Å². The van der Waals surface area contributed by atoms with E-state index in [4.69, 9.17) is 9.73 Å². The Morgan fingerprint density at radius 3 is 2.47 bits per heavy atom. The fourth-order valence-corrected chi connectivity index (χ4v) is 3.96. The maximum Gasteiger partial charge on any atom is 0.119 e. The molecule has 0 bridgehead atoms. The van der Waals surface area contributed by atoms with Gasteiger partial charge in [0.1, 0.15) is 5.75 Å². The first-order valence-electron chi connectivity index (χ1n) is 11.0. The average molecular weight is 399 g/mol. The predicted octanol–water partition coefficient (Wildman–Crippen LogP) is 6.33. The Morgan fingerprint density at radius 1 is 0.967 bits per heavy atom. The van der Waals surface area contributed by atoms with Crippen molar-refractivity contribution in [1.82, 2.24) is 4.98 Å². The van der Waals surface area contributed by atoms with Crippen molar-refractivity contribution in [1.29, 1.82) is 0 Å². The van der Waals surface area contributed by atoms with E-state index in [1.807, 2.05) is 6.92 Å². The van der Waals surface area contributed by atoms with Crippen LogP contribution in [0.15, 0.2) is 71.9 Å². The summed E-state index contributed by atoms with van der Waals surface area (Å²) >= 11 is 0. The van der Waals surface area contributed by atoms with Gasteiger partial charge in [0.15, 0.2) is 0 Å². The molecule has 0 fully saturated rings. The third kappa shape index (κ3) is 4.73. The van der Waals surface area contributed by atoms with E-state index < -0.39 is 0 Å². The summed E-state index contributed by atoms with van der Waals surface area (Å²) in [5.74, 6) is 0.920. The van der Waals surface area contributed by atoms with E-state index in [2.05, 4.69) is 78.8 Å². The molecule has 154 valence electrons. The highest BCUT2D eigenvalue weighted by molar-refractivity contribution is 5.97. The summed E-state index contributed by atoms with van der Waals surface area (Å²) in [6, 6.07) is 17.2. The minimum absolute atomic E-state index is 0.691. The minimum Gasteiger partial charge on any atom is -0.494 e. The number of aromatic nitrogens is 1. The quantitative estimate of drug-likeness (QED) is 0.518. The highest BCUT2D eigenvalue weighted by Gasteiger charge is 2.15. The first kappa shape index (κ1) is 20.2. The van der Waals surface area contributed by atoms with Crippen molar-refractivity contribution >= 4 is 5.71 Å². The zero-order valence-corrected chi connectivity index (χ0v) is 17.9. The number of allylic oxidation sites excluding steroid dienone is 2. The molecule has 30 heavy (non-hydrogen) atoms. The van der Waals surface area contributed by atoms with Crippen LogP contribution in [0.5, 0.6) is 5.75 Å². The number of hydrogen-bond acceptors (Lipinski definition) is 2. The Labute approximate surface area is 179 Å². The van der Waals surface area contributed by atoms with Crippen molar-refractivity contribution in [2.45, 2.75) is 46.1 Å². The van der Waals surface area contributed by atoms with Crippen LogP contribution in [0.2, 0.25) is 0 Å². The second-order valence-electron chi connectivity index (χ2n) is 7.71. The molecule has 1 aliphatic rings. The largest absolute Gasteiger partial charge is 0.494 e. The second-order valence-corrected chi connectivity index (χ2v) is 7.71. The van der Waals surface area contributed by atoms with Crippen LogP contribution in [-0.4, -0.2) is 17.3 Å². The zero-order chi connectivity index (χ0) is 20.8. The second kappa shape index (κ2) is 9.62. The standard InChI is InChI=1S/C27H30N2O/c1-3-20-9-11-21(12-10-20)18-28-23-7-5-6-8-25-26(19-29-27(25)17-23)22-13-15-24(16-14-22)30-4-2/h5,7,9-16,19,29H,3-4,6,8,17-18H2,1-2H3/b7-5-,28-23?. The fraction of sp³-hybridized carbons (Fsp3) is 0.296. The third-order valence-corrected chi connectivity index (χ3v) is 5.68. The maximum absolute atomic E-state index is 5.58. The summed E-state index contributed by atoms with van der Waals surface area (Å²) in [6.45, 7) is 5.61. The molecular weight excluding hydrogens is 368 g/mol. The number of hydrogen-bond donors (Lipinski definition) is 1. The van der Waals surface area contributed by atoms with Crippen molar-refractivity contribution < 1.29 is 4.74 Å². The summed E-state index contributed by atoms with van der Waals surface area (Å²) < 4.78 is 5.58. The van der Waals surface area contributed by atoms with Gasteiger partial charge in [0.2, 0.25) is 0 Å². The van der Waals surface area contributed by atoms with Crippen LogP contribution in [0.4, 0.5) is 0 Å². The van der Waals surface area contributed by atoms with Crippen LogP contribution >= 0.6 is 0 Å². The van der Waals surface area contributed by atoms with Crippen LogP contribution in [-0.2, 0) is 25.8 Å². The van der Waals surface area contributed by atoms with Crippen molar-refractivity contribution in [2.75, 3.05) is 6.61 Å². The molecule has 0 unspecified atom stereocenters. The van der Waals surface area contributed by atoms with Crippen LogP contribution in [0.25, 0.3) is 11.1 Å². The maximum atomic E-state index is 5.58. The van der Waals surface area contributed by atoms with Gasteiger partial charge in [-0.2, -0.15) is 0 Å². The number of H-pyrrole nitrogens is 1. The molecular formula is C27H30N2O. The number of nitrogens with one attached hydrogen (secondary N) is 1. The Kier molecular flexibility index (Phi) is 6.48. The number of rotatable bonds is 6. The smallest absolute Gasteiger partial charge is 0.119 e. The van der Waals surface area contributed by atoms with Gasteiger partial charge in [-0.15, -0.1) is 0 Å². The minimum atomic E-state index is 0.691. The topological polar surface area (TPSA) is 37.4 Å². The van der Waals surface area contributed by atoms with E-state index in [1.165, 1.54) is 33.5 Å². The van der Waals surface area contributed by atoms with Crippen LogP contribution in [0.3, 0.4) is 0 Å². The number of ether oxygens (including phenoxy) is 1. The van der Waals surface area contributed by atoms with Crippen molar-refractivity contribution in [3.8, 4) is 16.9 Å². The first-order chi connectivity index (χ1) is 14.8. The van der Waals surface area contributed by atoms with Crippen molar-refractivity contribution in [3.05, 3.63) is 89.3 Å². The van der Waals surface area contributed by atoms with E-state index in [-0.39, 0.29) is 0 Å². The summed E-state index contributed by atoms with van der Waals surface area (Å²) in [5.41, 5.74) is 8.97. The molecule has 0 atom stereocenters. The molecule has 0 saturated carbocycles. The van der Waals surface area contributed by atoms with Gasteiger partial charge in [0.25, 0.3) is 0 Å². The number of aliphatic imine (C=N–C) groups is 1. The molecule has 4 rings (SSSR count). The van der Waals surface area contributed by atoms with Crippen LogP contribution in [0.1, 0.15) is 42.7 Å².